The number of carboxylic acids is 1. The molecule has 80 valence electrons. The van der Waals surface area contributed by atoms with Crippen LogP contribution in [-0.2, 0) is 4.79 Å². The van der Waals surface area contributed by atoms with Crippen molar-refractivity contribution in [2.24, 2.45) is 5.41 Å². The van der Waals surface area contributed by atoms with Crippen LogP contribution in [0.25, 0.3) is 0 Å². The van der Waals surface area contributed by atoms with Crippen molar-refractivity contribution >= 4 is 5.97 Å². The first-order valence-electron chi connectivity index (χ1n) is 5.58. The molecule has 0 spiro atoms. The van der Waals surface area contributed by atoms with Gasteiger partial charge in [0.15, 0.2) is 0 Å². The van der Waals surface area contributed by atoms with Crippen LogP contribution in [0.4, 0.5) is 0 Å². The van der Waals surface area contributed by atoms with Crippen LogP contribution in [0.15, 0.2) is 12.2 Å². The number of rotatable bonds is 5. The van der Waals surface area contributed by atoms with E-state index in [2.05, 4.69) is 19.1 Å². The third kappa shape index (κ3) is 3.17. The summed E-state index contributed by atoms with van der Waals surface area (Å²) in [5.74, 6) is -0.660. The smallest absolute Gasteiger partial charge is 0.304 e. The van der Waals surface area contributed by atoms with Crippen LogP contribution >= 0.6 is 0 Å². The van der Waals surface area contributed by atoms with Gasteiger partial charge in [0.25, 0.3) is 0 Å². The van der Waals surface area contributed by atoms with Gasteiger partial charge in [0.2, 0.25) is 0 Å². The molecular formula is C12H20O2. The molecule has 2 nitrogen and oxygen atoms in total. The van der Waals surface area contributed by atoms with Crippen LogP contribution in [0, 0.1) is 5.41 Å². The average Bonchev–Trinajstić information content (AvgIpc) is 2.15. The topological polar surface area (TPSA) is 37.3 Å². The number of aliphatic carboxylic acids is 1. The minimum atomic E-state index is -0.660. The highest BCUT2D eigenvalue weighted by Gasteiger charge is 2.30. The van der Waals surface area contributed by atoms with Crippen LogP contribution in [0.1, 0.15) is 51.9 Å². The first-order valence-corrected chi connectivity index (χ1v) is 5.58. The summed E-state index contributed by atoms with van der Waals surface area (Å²) in [5, 5.41) is 8.90. The van der Waals surface area contributed by atoms with E-state index in [0.29, 0.717) is 6.42 Å². The summed E-state index contributed by atoms with van der Waals surface area (Å²) in [7, 11) is 0. The van der Waals surface area contributed by atoms with Gasteiger partial charge in [0.05, 0.1) is 6.42 Å². The molecule has 1 aliphatic carbocycles. The van der Waals surface area contributed by atoms with Gasteiger partial charge in [-0.15, -0.1) is 0 Å². The molecule has 1 unspecified atom stereocenters. The fraction of sp³-hybridized carbons (Fsp3) is 0.750. The predicted octanol–water partition coefficient (Wildman–Crippen LogP) is 3.38. The highest BCUT2D eigenvalue weighted by Crippen LogP contribution is 2.39. The summed E-state index contributed by atoms with van der Waals surface area (Å²) >= 11 is 0. The first-order chi connectivity index (χ1) is 6.68. The Morgan fingerprint density at radius 3 is 2.86 bits per heavy atom. The lowest BCUT2D eigenvalue weighted by Gasteiger charge is -2.31. The standard InChI is InChI=1S/C12H20O2/c1-2-3-7-12(10-11(13)14)8-5-4-6-9-12/h5,8H,2-4,6-7,9-10H2,1H3,(H,13,14). The van der Waals surface area contributed by atoms with E-state index in [0.717, 1.165) is 38.5 Å². The number of carboxylic acid groups (broad SMARTS) is 1. The Balaban J connectivity index is 2.62. The molecule has 0 aliphatic heterocycles. The molecule has 2 heteroatoms. The van der Waals surface area contributed by atoms with Gasteiger partial charge in [0, 0.05) is 0 Å². The average molecular weight is 196 g/mol. The second-order valence-electron chi connectivity index (χ2n) is 4.33. The highest BCUT2D eigenvalue weighted by molar-refractivity contribution is 5.68. The van der Waals surface area contributed by atoms with Gasteiger partial charge >= 0.3 is 5.97 Å². The van der Waals surface area contributed by atoms with Crippen molar-refractivity contribution in [1.29, 1.82) is 0 Å². The lowest BCUT2D eigenvalue weighted by atomic mass is 9.73. The molecule has 0 heterocycles. The van der Waals surface area contributed by atoms with E-state index < -0.39 is 5.97 Å². The zero-order valence-corrected chi connectivity index (χ0v) is 8.96. The number of carbonyl (C=O) groups is 1. The van der Waals surface area contributed by atoms with Crippen LogP contribution in [0.3, 0.4) is 0 Å². The van der Waals surface area contributed by atoms with Gasteiger partial charge in [-0.25, -0.2) is 0 Å². The van der Waals surface area contributed by atoms with Crippen molar-refractivity contribution in [1.82, 2.24) is 0 Å². The van der Waals surface area contributed by atoms with Gasteiger partial charge < -0.3 is 5.11 Å². The summed E-state index contributed by atoms with van der Waals surface area (Å²) in [6, 6.07) is 0. The Labute approximate surface area is 86.0 Å². The summed E-state index contributed by atoms with van der Waals surface area (Å²) in [5.41, 5.74) is -0.0277. The predicted molar refractivity (Wildman–Crippen MR) is 57.2 cm³/mol. The Bertz CT molecular complexity index is 220. The summed E-state index contributed by atoms with van der Waals surface area (Å²) in [6.07, 6.45) is 11.3. The minimum absolute atomic E-state index is 0.0277. The first kappa shape index (κ1) is 11.3. The lowest BCUT2D eigenvalue weighted by Crippen LogP contribution is -2.24. The van der Waals surface area contributed by atoms with Crippen molar-refractivity contribution in [3.8, 4) is 0 Å². The van der Waals surface area contributed by atoms with Crippen LogP contribution in [0.5, 0.6) is 0 Å². The van der Waals surface area contributed by atoms with Crippen LogP contribution in [-0.4, -0.2) is 11.1 Å². The molecule has 1 atom stereocenters. The molecule has 0 aromatic carbocycles. The third-order valence-corrected chi connectivity index (χ3v) is 3.05. The molecule has 1 rings (SSSR count). The zero-order valence-electron chi connectivity index (χ0n) is 8.96. The highest BCUT2D eigenvalue weighted by atomic mass is 16.4. The van der Waals surface area contributed by atoms with E-state index in [-0.39, 0.29) is 5.41 Å². The van der Waals surface area contributed by atoms with Crippen molar-refractivity contribution in [3.63, 3.8) is 0 Å². The van der Waals surface area contributed by atoms with E-state index in [9.17, 15) is 4.79 Å². The fourth-order valence-electron chi connectivity index (χ4n) is 2.26. The molecule has 1 N–H and O–H groups in total. The van der Waals surface area contributed by atoms with E-state index in [4.69, 9.17) is 5.11 Å². The summed E-state index contributed by atoms with van der Waals surface area (Å²) in [6.45, 7) is 2.15. The fourth-order valence-corrected chi connectivity index (χ4v) is 2.26. The van der Waals surface area contributed by atoms with E-state index in [1.165, 1.54) is 0 Å². The molecule has 0 amide bonds. The molecule has 0 bridgehead atoms. The quantitative estimate of drug-likeness (QED) is 0.684. The maximum absolute atomic E-state index is 10.8. The summed E-state index contributed by atoms with van der Waals surface area (Å²) in [4.78, 5) is 10.8. The van der Waals surface area contributed by atoms with E-state index in [1.54, 1.807) is 0 Å². The maximum atomic E-state index is 10.8. The van der Waals surface area contributed by atoms with Crippen LogP contribution in [0.2, 0.25) is 0 Å². The molecule has 0 saturated carbocycles. The zero-order chi connectivity index (χ0) is 10.4. The SMILES string of the molecule is CCCCC1(CC(=O)O)C=CCCC1. The van der Waals surface area contributed by atoms with Gasteiger partial charge in [-0.3, -0.25) is 4.79 Å². The minimum Gasteiger partial charge on any atom is -0.481 e. The van der Waals surface area contributed by atoms with Crippen molar-refractivity contribution in [3.05, 3.63) is 12.2 Å². The van der Waals surface area contributed by atoms with Crippen molar-refractivity contribution in [2.45, 2.75) is 51.9 Å². The third-order valence-electron chi connectivity index (χ3n) is 3.05. The van der Waals surface area contributed by atoms with Gasteiger partial charge in [-0.1, -0.05) is 31.9 Å². The van der Waals surface area contributed by atoms with E-state index >= 15 is 0 Å². The van der Waals surface area contributed by atoms with Gasteiger partial charge in [0.1, 0.15) is 0 Å². The molecule has 0 aromatic heterocycles. The number of hydrogen-bond donors (Lipinski definition) is 1. The second kappa shape index (κ2) is 5.18. The Morgan fingerprint density at radius 1 is 1.57 bits per heavy atom. The molecular weight excluding hydrogens is 176 g/mol. The molecule has 0 aromatic rings. The maximum Gasteiger partial charge on any atom is 0.304 e. The van der Waals surface area contributed by atoms with Crippen LogP contribution < -0.4 is 0 Å². The Kier molecular flexibility index (Phi) is 4.18. The van der Waals surface area contributed by atoms with Crippen molar-refractivity contribution in [2.75, 3.05) is 0 Å². The largest absolute Gasteiger partial charge is 0.481 e. The molecule has 14 heavy (non-hydrogen) atoms. The van der Waals surface area contributed by atoms with Gasteiger partial charge in [-0.2, -0.15) is 0 Å². The Morgan fingerprint density at radius 2 is 2.36 bits per heavy atom. The normalized spacial score (nSPS) is 26.4. The molecule has 0 fully saturated rings. The van der Waals surface area contributed by atoms with Crippen molar-refractivity contribution < 1.29 is 9.90 Å². The number of hydrogen-bond acceptors (Lipinski definition) is 1. The molecule has 0 radical (unpaired) electrons. The van der Waals surface area contributed by atoms with Gasteiger partial charge in [-0.05, 0) is 31.1 Å². The number of allylic oxidation sites excluding steroid dienone is 2. The summed E-state index contributed by atoms with van der Waals surface area (Å²) < 4.78 is 0. The monoisotopic (exact) mass is 196 g/mol. The second-order valence-corrected chi connectivity index (χ2v) is 4.33. The lowest BCUT2D eigenvalue weighted by molar-refractivity contribution is -0.139. The Hall–Kier alpha value is -0.790. The molecule has 1 aliphatic rings. The number of unbranched alkanes of at least 4 members (excludes halogenated alkanes) is 1. The van der Waals surface area contributed by atoms with E-state index in [1.807, 2.05) is 0 Å². The molecule has 0 saturated heterocycles.